The van der Waals surface area contributed by atoms with E-state index in [0.717, 1.165) is 11.3 Å². The van der Waals surface area contributed by atoms with Crippen LogP contribution >= 0.6 is 15.9 Å². The quantitative estimate of drug-likeness (QED) is 0.794. The molecule has 1 N–H and O–H groups in total. The Labute approximate surface area is 138 Å². The lowest BCUT2D eigenvalue weighted by atomic mass is 10.1. The normalized spacial score (nSPS) is 11.7. The minimum Gasteiger partial charge on any atom is -0.493 e. The summed E-state index contributed by atoms with van der Waals surface area (Å²) in [5.74, 6) is -0.530. The molecule has 1 atom stereocenters. The molecule has 1 aromatic carbocycles. The molecule has 0 heterocycles. The van der Waals surface area contributed by atoms with Gasteiger partial charge in [0.2, 0.25) is 0 Å². The summed E-state index contributed by atoms with van der Waals surface area (Å²) in [7, 11) is 2.93. The molecule has 1 rings (SSSR count). The van der Waals surface area contributed by atoms with E-state index in [1.807, 2.05) is 6.92 Å². The molecule has 0 aliphatic heterocycles. The maximum Gasteiger partial charge on any atom is 0.326 e. The molecule has 0 fully saturated rings. The second-order valence-corrected chi connectivity index (χ2v) is 5.62. The number of halogens is 1. The van der Waals surface area contributed by atoms with Crippen molar-refractivity contribution in [1.82, 2.24) is 4.90 Å². The predicted molar refractivity (Wildman–Crippen MR) is 85.7 cm³/mol. The van der Waals surface area contributed by atoms with Gasteiger partial charge < -0.3 is 19.5 Å². The number of methoxy groups -OCH3 is 1. The molecule has 0 saturated carbocycles. The van der Waals surface area contributed by atoms with Crippen molar-refractivity contribution >= 4 is 27.8 Å². The van der Waals surface area contributed by atoms with Crippen LogP contribution in [0.15, 0.2) is 16.6 Å². The van der Waals surface area contributed by atoms with Crippen LogP contribution in [-0.4, -0.2) is 48.7 Å². The van der Waals surface area contributed by atoms with Crippen LogP contribution in [0, 0.1) is 0 Å². The van der Waals surface area contributed by atoms with Crippen molar-refractivity contribution in [2.75, 3.05) is 20.8 Å². The van der Waals surface area contributed by atoms with Crippen molar-refractivity contribution in [3.8, 4) is 11.5 Å². The second-order valence-electron chi connectivity index (χ2n) is 4.77. The lowest BCUT2D eigenvalue weighted by Crippen LogP contribution is -2.40. The van der Waals surface area contributed by atoms with E-state index in [0.29, 0.717) is 28.1 Å². The first-order chi connectivity index (χ1) is 10.3. The molecule has 6 nitrogen and oxygen atoms in total. The Morgan fingerprint density at radius 3 is 2.55 bits per heavy atom. The van der Waals surface area contributed by atoms with Crippen molar-refractivity contribution in [2.45, 2.75) is 26.3 Å². The van der Waals surface area contributed by atoms with Gasteiger partial charge in [0.1, 0.15) is 6.04 Å². The van der Waals surface area contributed by atoms with Gasteiger partial charge in [0.25, 0.3) is 5.91 Å². The van der Waals surface area contributed by atoms with Gasteiger partial charge in [-0.15, -0.1) is 0 Å². The Morgan fingerprint density at radius 1 is 1.41 bits per heavy atom. The molecule has 22 heavy (non-hydrogen) atoms. The van der Waals surface area contributed by atoms with Crippen LogP contribution in [0.4, 0.5) is 0 Å². The summed E-state index contributed by atoms with van der Waals surface area (Å²) in [4.78, 5) is 24.5. The third-order valence-corrected chi connectivity index (χ3v) is 3.77. The Hall–Kier alpha value is -1.76. The minimum atomic E-state index is -1.07. The van der Waals surface area contributed by atoms with Gasteiger partial charge in [-0.25, -0.2) is 4.79 Å². The summed E-state index contributed by atoms with van der Waals surface area (Å²) < 4.78 is 11.4. The average molecular weight is 374 g/mol. The molecule has 0 spiro atoms. The number of likely N-dealkylation sites (N-methyl/N-ethyl adjacent to an activating group) is 1. The zero-order valence-electron chi connectivity index (χ0n) is 13.1. The van der Waals surface area contributed by atoms with Gasteiger partial charge >= 0.3 is 5.97 Å². The number of aliphatic carboxylic acids is 1. The summed E-state index contributed by atoms with van der Waals surface area (Å²) in [6, 6.07) is 2.22. The number of benzene rings is 1. The average Bonchev–Trinajstić information content (AvgIpc) is 2.50. The van der Waals surface area contributed by atoms with Crippen LogP contribution in [-0.2, 0) is 4.79 Å². The first kappa shape index (κ1) is 18.3. The number of carbonyl (C=O) groups is 2. The maximum absolute atomic E-state index is 12.4. The number of carbonyl (C=O) groups excluding carboxylic acids is 1. The number of carboxylic acid groups (broad SMARTS) is 1. The summed E-state index contributed by atoms with van der Waals surface area (Å²) in [5.41, 5.74) is 0.322. The molecule has 0 bridgehead atoms. The highest BCUT2D eigenvalue weighted by atomic mass is 79.9. The van der Waals surface area contributed by atoms with Crippen LogP contribution in [0.1, 0.15) is 30.6 Å². The lowest BCUT2D eigenvalue weighted by molar-refractivity contribution is -0.141. The van der Waals surface area contributed by atoms with Gasteiger partial charge in [-0.3, -0.25) is 4.79 Å². The molecular formula is C15H20BrNO5. The van der Waals surface area contributed by atoms with E-state index in [2.05, 4.69) is 15.9 Å². The zero-order chi connectivity index (χ0) is 16.9. The van der Waals surface area contributed by atoms with Gasteiger partial charge in [-0.05, 0) is 41.4 Å². The van der Waals surface area contributed by atoms with Gasteiger partial charge in [0.15, 0.2) is 11.5 Å². The van der Waals surface area contributed by atoms with Gasteiger partial charge in [-0.1, -0.05) is 6.92 Å². The van der Waals surface area contributed by atoms with E-state index in [4.69, 9.17) is 14.6 Å². The van der Waals surface area contributed by atoms with Crippen molar-refractivity contribution in [1.29, 1.82) is 0 Å². The monoisotopic (exact) mass is 373 g/mol. The van der Waals surface area contributed by atoms with E-state index in [9.17, 15) is 9.59 Å². The van der Waals surface area contributed by atoms with Crippen molar-refractivity contribution in [3.05, 3.63) is 22.2 Å². The summed E-state index contributed by atoms with van der Waals surface area (Å²) in [6.45, 7) is 3.96. The van der Waals surface area contributed by atoms with E-state index in [-0.39, 0.29) is 0 Å². The minimum absolute atomic E-state index is 0.322. The van der Waals surface area contributed by atoms with Gasteiger partial charge in [0, 0.05) is 12.6 Å². The van der Waals surface area contributed by atoms with Crippen molar-refractivity contribution in [2.24, 2.45) is 0 Å². The zero-order valence-corrected chi connectivity index (χ0v) is 14.6. The number of ether oxygens (including phenoxy) is 2. The molecule has 1 unspecified atom stereocenters. The Morgan fingerprint density at radius 2 is 2.05 bits per heavy atom. The molecule has 0 aliphatic rings. The number of nitrogens with zero attached hydrogens (tertiary/aromatic N) is 1. The van der Waals surface area contributed by atoms with Crippen LogP contribution in [0.2, 0.25) is 0 Å². The van der Waals surface area contributed by atoms with E-state index in [1.165, 1.54) is 21.1 Å². The summed E-state index contributed by atoms with van der Waals surface area (Å²) >= 11 is 3.36. The number of hydrogen-bond donors (Lipinski definition) is 1. The second kappa shape index (κ2) is 8.03. The number of hydrogen-bond acceptors (Lipinski definition) is 4. The molecular weight excluding hydrogens is 354 g/mol. The highest BCUT2D eigenvalue weighted by molar-refractivity contribution is 9.10. The Balaban J connectivity index is 3.13. The Kier molecular flexibility index (Phi) is 6.67. The summed E-state index contributed by atoms with van der Waals surface area (Å²) in [5, 5.41) is 9.00. The standard InChI is InChI=1S/C15H20BrNO5/c1-5-6-22-13-11(16)7-10(8-12(13)21-4)14(18)17(3)9(2)15(19)20/h7-9H,5-6H2,1-4H3,(H,19,20). The Bertz CT molecular complexity index is 561. The van der Waals surface area contributed by atoms with E-state index < -0.39 is 17.9 Å². The molecule has 7 heteroatoms. The first-order valence-electron chi connectivity index (χ1n) is 6.83. The van der Waals surface area contributed by atoms with Crippen molar-refractivity contribution < 1.29 is 24.2 Å². The number of rotatable bonds is 7. The molecule has 0 saturated heterocycles. The van der Waals surface area contributed by atoms with Gasteiger partial charge in [0.05, 0.1) is 18.2 Å². The van der Waals surface area contributed by atoms with Crippen molar-refractivity contribution in [3.63, 3.8) is 0 Å². The smallest absolute Gasteiger partial charge is 0.326 e. The number of amides is 1. The first-order valence-corrected chi connectivity index (χ1v) is 7.63. The summed E-state index contributed by atoms with van der Waals surface area (Å²) in [6.07, 6.45) is 0.842. The molecule has 1 amide bonds. The van der Waals surface area contributed by atoms with E-state index >= 15 is 0 Å². The topological polar surface area (TPSA) is 76.1 Å². The highest BCUT2D eigenvalue weighted by Gasteiger charge is 2.24. The fraction of sp³-hybridized carbons (Fsp3) is 0.467. The largest absolute Gasteiger partial charge is 0.493 e. The molecule has 0 radical (unpaired) electrons. The van der Waals surface area contributed by atoms with Crippen LogP contribution in [0.25, 0.3) is 0 Å². The fourth-order valence-electron chi connectivity index (χ4n) is 1.73. The molecule has 122 valence electrons. The predicted octanol–water partition coefficient (Wildman–Crippen LogP) is 2.79. The van der Waals surface area contributed by atoms with E-state index in [1.54, 1.807) is 12.1 Å². The molecule has 0 aromatic heterocycles. The highest BCUT2D eigenvalue weighted by Crippen LogP contribution is 2.37. The third-order valence-electron chi connectivity index (χ3n) is 3.19. The maximum atomic E-state index is 12.4. The third kappa shape index (κ3) is 4.13. The van der Waals surface area contributed by atoms with Gasteiger partial charge in [-0.2, -0.15) is 0 Å². The van der Waals surface area contributed by atoms with Crippen LogP contribution in [0.3, 0.4) is 0 Å². The number of carboxylic acids is 1. The van der Waals surface area contributed by atoms with Crippen LogP contribution in [0.5, 0.6) is 11.5 Å². The molecule has 0 aliphatic carbocycles. The lowest BCUT2D eigenvalue weighted by Gasteiger charge is -2.22. The van der Waals surface area contributed by atoms with Crippen LogP contribution < -0.4 is 9.47 Å². The SMILES string of the molecule is CCCOc1c(Br)cc(C(=O)N(C)C(C)C(=O)O)cc1OC. The fourth-order valence-corrected chi connectivity index (χ4v) is 2.29. The molecule has 1 aromatic rings.